The van der Waals surface area contributed by atoms with Gasteiger partial charge < -0.3 is 10.4 Å². The number of hydrogen-bond acceptors (Lipinski definition) is 2. The summed E-state index contributed by atoms with van der Waals surface area (Å²) in [5, 5.41) is 12.0. The highest BCUT2D eigenvalue weighted by Gasteiger charge is 2.20. The molecule has 4 heteroatoms. The molecule has 1 aromatic carbocycles. The maximum atomic E-state index is 10.8. The molecule has 2 unspecified atom stereocenters. The van der Waals surface area contributed by atoms with Gasteiger partial charge in [-0.2, -0.15) is 0 Å². The van der Waals surface area contributed by atoms with Crippen LogP contribution in [0, 0.1) is 0 Å². The maximum absolute atomic E-state index is 10.8. The van der Waals surface area contributed by atoms with E-state index in [-0.39, 0.29) is 30.8 Å². The Morgan fingerprint density at radius 2 is 1.94 bits per heavy atom. The van der Waals surface area contributed by atoms with Gasteiger partial charge in [0.1, 0.15) is 0 Å². The van der Waals surface area contributed by atoms with Gasteiger partial charge in [0.25, 0.3) is 0 Å². The SMILES string of the molecule is CNC(C)C(CC(=O)O)c1ccccc1.Cl. The van der Waals surface area contributed by atoms with E-state index >= 15 is 0 Å². The predicted molar refractivity (Wildman–Crippen MR) is 67.2 cm³/mol. The van der Waals surface area contributed by atoms with E-state index < -0.39 is 5.97 Å². The molecule has 0 aliphatic heterocycles. The van der Waals surface area contributed by atoms with Crippen LogP contribution in [0.2, 0.25) is 0 Å². The first-order valence-corrected chi connectivity index (χ1v) is 5.09. The van der Waals surface area contributed by atoms with E-state index in [1.165, 1.54) is 0 Å². The molecule has 0 heterocycles. The number of likely N-dealkylation sites (N-methyl/N-ethyl adjacent to an activating group) is 1. The van der Waals surface area contributed by atoms with Crippen molar-refractivity contribution in [2.75, 3.05) is 7.05 Å². The summed E-state index contributed by atoms with van der Waals surface area (Å²) in [4.78, 5) is 10.8. The number of aliphatic carboxylic acids is 1. The molecular formula is C12H18ClNO2. The molecule has 1 aromatic rings. The van der Waals surface area contributed by atoms with Crippen molar-refractivity contribution in [3.05, 3.63) is 35.9 Å². The minimum absolute atomic E-state index is 0. The van der Waals surface area contributed by atoms with Crippen LogP contribution in [0.5, 0.6) is 0 Å². The van der Waals surface area contributed by atoms with Crippen molar-refractivity contribution in [1.29, 1.82) is 0 Å². The van der Waals surface area contributed by atoms with E-state index in [1.54, 1.807) is 0 Å². The summed E-state index contributed by atoms with van der Waals surface area (Å²) in [5.41, 5.74) is 1.07. The molecule has 3 nitrogen and oxygen atoms in total. The molecule has 2 atom stereocenters. The van der Waals surface area contributed by atoms with Gasteiger partial charge in [-0.25, -0.2) is 0 Å². The minimum atomic E-state index is -0.758. The molecule has 0 saturated carbocycles. The van der Waals surface area contributed by atoms with Crippen LogP contribution in [0.25, 0.3) is 0 Å². The Bertz CT molecular complexity index is 316. The molecule has 0 aliphatic rings. The third kappa shape index (κ3) is 4.21. The molecule has 0 aromatic heterocycles. The Labute approximate surface area is 102 Å². The Morgan fingerprint density at radius 3 is 2.38 bits per heavy atom. The maximum Gasteiger partial charge on any atom is 0.304 e. The first-order valence-electron chi connectivity index (χ1n) is 5.09. The molecule has 0 spiro atoms. The van der Waals surface area contributed by atoms with Crippen LogP contribution in [0.1, 0.15) is 24.8 Å². The summed E-state index contributed by atoms with van der Waals surface area (Å²) in [6.45, 7) is 2.00. The largest absolute Gasteiger partial charge is 0.481 e. The Morgan fingerprint density at radius 1 is 1.38 bits per heavy atom. The van der Waals surface area contributed by atoms with Crippen molar-refractivity contribution in [3.8, 4) is 0 Å². The van der Waals surface area contributed by atoms with Crippen molar-refractivity contribution >= 4 is 18.4 Å². The monoisotopic (exact) mass is 243 g/mol. The average molecular weight is 244 g/mol. The van der Waals surface area contributed by atoms with Gasteiger partial charge in [0.05, 0.1) is 6.42 Å². The normalized spacial score (nSPS) is 13.6. The molecule has 0 radical (unpaired) electrons. The van der Waals surface area contributed by atoms with Gasteiger partial charge in [-0.3, -0.25) is 4.79 Å². The van der Waals surface area contributed by atoms with Gasteiger partial charge in [-0.05, 0) is 19.5 Å². The zero-order valence-electron chi connectivity index (χ0n) is 9.51. The summed E-state index contributed by atoms with van der Waals surface area (Å²) in [6, 6.07) is 9.91. The average Bonchev–Trinajstić information content (AvgIpc) is 2.26. The van der Waals surface area contributed by atoms with E-state index in [1.807, 2.05) is 44.3 Å². The molecule has 0 fully saturated rings. The standard InChI is InChI=1S/C12H17NO2.ClH/c1-9(13-2)11(8-12(14)15)10-6-4-3-5-7-10;/h3-7,9,11,13H,8H2,1-2H3,(H,14,15);1H. The van der Waals surface area contributed by atoms with Gasteiger partial charge in [-0.15, -0.1) is 12.4 Å². The lowest BCUT2D eigenvalue weighted by Gasteiger charge is -2.22. The van der Waals surface area contributed by atoms with Crippen LogP contribution in [0.4, 0.5) is 0 Å². The number of carbonyl (C=O) groups is 1. The Hall–Kier alpha value is -1.06. The van der Waals surface area contributed by atoms with Gasteiger partial charge in [0, 0.05) is 12.0 Å². The van der Waals surface area contributed by atoms with E-state index in [2.05, 4.69) is 5.32 Å². The topological polar surface area (TPSA) is 49.3 Å². The van der Waals surface area contributed by atoms with Crippen LogP contribution >= 0.6 is 12.4 Å². The second kappa shape index (κ2) is 7.25. The molecule has 16 heavy (non-hydrogen) atoms. The summed E-state index contributed by atoms with van der Waals surface area (Å²) < 4.78 is 0. The van der Waals surface area contributed by atoms with E-state index in [0.717, 1.165) is 5.56 Å². The van der Waals surface area contributed by atoms with Gasteiger partial charge >= 0.3 is 5.97 Å². The lowest BCUT2D eigenvalue weighted by molar-refractivity contribution is -0.137. The molecule has 0 amide bonds. The molecule has 1 rings (SSSR count). The first-order chi connectivity index (χ1) is 7.15. The second-order valence-electron chi connectivity index (χ2n) is 3.69. The first kappa shape index (κ1) is 14.9. The molecular weight excluding hydrogens is 226 g/mol. The number of carboxylic acids is 1. The van der Waals surface area contributed by atoms with E-state index in [9.17, 15) is 4.79 Å². The number of benzene rings is 1. The van der Waals surface area contributed by atoms with Crippen molar-refractivity contribution in [2.45, 2.75) is 25.3 Å². The number of hydrogen-bond donors (Lipinski definition) is 2. The lowest BCUT2D eigenvalue weighted by atomic mass is 9.89. The summed E-state index contributed by atoms with van der Waals surface area (Å²) in [5.74, 6) is -0.736. The fourth-order valence-electron chi connectivity index (χ4n) is 1.67. The van der Waals surface area contributed by atoms with Gasteiger partial charge in [0.2, 0.25) is 0 Å². The quantitative estimate of drug-likeness (QED) is 0.834. The van der Waals surface area contributed by atoms with Crippen LogP contribution in [-0.4, -0.2) is 24.2 Å². The smallest absolute Gasteiger partial charge is 0.304 e. The number of nitrogens with one attached hydrogen (secondary N) is 1. The molecule has 0 bridgehead atoms. The number of carboxylic acid groups (broad SMARTS) is 1. The second-order valence-corrected chi connectivity index (χ2v) is 3.69. The lowest BCUT2D eigenvalue weighted by Crippen LogP contribution is -2.30. The summed E-state index contributed by atoms with van der Waals surface area (Å²) in [7, 11) is 1.85. The van der Waals surface area contributed by atoms with Crippen LogP contribution in [0.15, 0.2) is 30.3 Å². The third-order valence-corrected chi connectivity index (χ3v) is 2.68. The van der Waals surface area contributed by atoms with E-state index in [0.29, 0.717) is 0 Å². The fraction of sp³-hybridized carbons (Fsp3) is 0.417. The third-order valence-electron chi connectivity index (χ3n) is 2.68. The molecule has 2 N–H and O–H groups in total. The Balaban J connectivity index is 0.00000225. The zero-order valence-corrected chi connectivity index (χ0v) is 10.3. The minimum Gasteiger partial charge on any atom is -0.481 e. The number of halogens is 1. The van der Waals surface area contributed by atoms with Gasteiger partial charge in [0.15, 0.2) is 0 Å². The van der Waals surface area contributed by atoms with E-state index in [4.69, 9.17) is 5.11 Å². The highest BCUT2D eigenvalue weighted by Crippen LogP contribution is 2.23. The summed E-state index contributed by atoms with van der Waals surface area (Å²) >= 11 is 0. The van der Waals surface area contributed by atoms with Crippen molar-refractivity contribution in [1.82, 2.24) is 5.32 Å². The van der Waals surface area contributed by atoms with Crippen molar-refractivity contribution in [2.24, 2.45) is 0 Å². The molecule has 0 saturated heterocycles. The predicted octanol–water partition coefficient (Wildman–Crippen LogP) is 2.27. The van der Waals surface area contributed by atoms with Crippen LogP contribution in [0.3, 0.4) is 0 Å². The highest BCUT2D eigenvalue weighted by molar-refractivity contribution is 5.85. The Kier molecular flexibility index (Phi) is 6.77. The van der Waals surface area contributed by atoms with Crippen molar-refractivity contribution in [3.63, 3.8) is 0 Å². The van der Waals surface area contributed by atoms with Crippen molar-refractivity contribution < 1.29 is 9.90 Å². The van der Waals surface area contributed by atoms with Crippen LogP contribution < -0.4 is 5.32 Å². The molecule has 0 aliphatic carbocycles. The fourth-order valence-corrected chi connectivity index (χ4v) is 1.67. The number of rotatable bonds is 5. The zero-order chi connectivity index (χ0) is 11.3. The van der Waals surface area contributed by atoms with Gasteiger partial charge in [-0.1, -0.05) is 30.3 Å². The highest BCUT2D eigenvalue weighted by atomic mass is 35.5. The summed E-state index contributed by atoms with van der Waals surface area (Å²) in [6.07, 6.45) is 0.159. The molecule has 90 valence electrons. The van der Waals surface area contributed by atoms with Crippen LogP contribution in [-0.2, 0) is 4.79 Å².